The van der Waals surface area contributed by atoms with Crippen molar-refractivity contribution in [3.8, 4) is 0 Å². The molecule has 0 spiro atoms. The lowest BCUT2D eigenvalue weighted by Crippen LogP contribution is -2.51. The summed E-state index contributed by atoms with van der Waals surface area (Å²) < 4.78 is 27.6. The molecular weight excluding hydrogens is 498 g/mol. The Kier molecular flexibility index (Phi) is 9.11. The number of hydrogen-bond acceptors (Lipinski definition) is 4. The molecule has 3 rings (SSSR count). The van der Waals surface area contributed by atoms with Gasteiger partial charge in [0.15, 0.2) is 0 Å². The summed E-state index contributed by atoms with van der Waals surface area (Å²) in [5.41, 5.74) is 0.735. The second-order valence-corrected chi connectivity index (χ2v) is 11.4. The fourth-order valence-corrected chi connectivity index (χ4v) is 5.12. The minimum atomic E-state index is -3.94. The number of nitrogens with zero attached hydrogens (tertiary/aromatic N) is 2. The van der Waals surface area contributed by atoms with Gasteiger partial charge in [0.1, 0.15) is 6.04 Å². The molecule has 0 bridgehead atoms. The molecule has 0 aliphatic rings. The summed E-state index contributed by atoms with van der Waals surface area (Å²) >= 11 is 6.12. The van der Waals surface area contributed by atoms with E-state index in [1.54, 1.807) is 43.3 Å². The second kappa shape index (κ2) is 11.9. The lowest BCUT2D eigenvalue weighted by molar-refractivity contribution is -0.140. The van der Waals surface area contributed by atoms with Crippen molar-refractivity contribution in [3.05, 3.63) is 77.3 Å². The van der Waals surface area contributed by atoms with Crippen LogP contribution >= 0.6 is 11.6 Å². The van der Waals surface area contributed by atoms with E-state index in [0.717, 1.165) is 27.1 Å². The van der Waals surface area contributed by atoms with Gasteiger partial charge in [0.2, 0.25) is 21.8 Å². The monoisotopic (exact) mass is 529 g/mol. The highest BCUT2D eigenvalue weighted by atomic mass is 35.5. The summed E-state index contributed by atoms with van der Waals surface area (Å²) in [7, 11) is -2.58. The van der Waals surface area contributed by atoms with Crippen LogP contribution in [-0.2, 0) is 26.2 Å². The SMILES string of the molecule is CC[C@@H](C)NC(=O)[C@@H](C)N(Cc1cccc(Cl)c1)C(=O)CN(C)S(=O)(=O)c1ccc2ccccc2c1. The summed E-state index contributed by atoms with van der Waals surface area (Å²) in [5.74, 6) is -0.798. The molecule has 0 heterocycles. The Hall–Kier alpha value is -2.94. The third kappa shape index (κ3) is 6.63. The highest BCUT2D eigenvalue weighted by Gasteiger charge is 2.30. The van der Waals surface area contributed by atoms with E-state index in [9.17, 15) is 18.0 Å². The number of rotatable bonds is 10. The molecule has 0 aromatic heterocycles. The zero-order valence-corrected chi connectivity index (χ0v) is 22.5. The zero-order valence-electron chi connectivity index (χ0n) is 20.9. The van der Waals surface area contributed by atoms with Gasteiger partial charge in [-0.3, -0.25) is 9.59 Å². The van der Waals surface area contributed by atoms with Gasteiger partial charge in [-0.25, -0.2) is 8.42 Å². The van der Waals surface area contributed by atoms with Gasteiger partial charge in [0.25, 0.3) is 0 Å². The van der Waals surface area contributed by atoms with Crippen LogP contribution in [0.3, 0.4) is 0 Å². The smallest absolute Gasteiger partial charge is 0.243 e. The fourth-order valence-electron chi connectivity index (χ4n) is 3.75. The molecule has 3 aromatic carbocycles. The fraction of sp³-hybridized carbons (Fsp3) is 0.333. The quantitative estimate of drug-likeness (QED) is 0.420. The average molecular weight is 530 g/mol. The molecule has 2 atom stereocenters. The molecule has 0 aliphatic heterocycles. The van der Waals surface area contributed by atoms with E-state index in [0.29, 0.717) is 5.02 Å². The number of hydrogen-bond donors (Lipinski definition) is 1. The third-order valence-electron chi connectivity index (χ3n) is 6.20. The Morgan fingerprint density at radius 3 is 2.33 bits per heavy atom. The van der Waals surface area contributed by atoms with Crippen molar-refractivity contribution in [1.82, 2.24) is 14.5 Å². The molecule has 192 valence electrons. The number of halogens is 1. The number of nitrogens with one attached hydrogen (secondary N) is 1. The van der Waals surface area contributed by atoms with Crippen molar-refractivity contribution in [3.63, 3.8) is 0 Å². The summed E-state index contributed by atoms with van der Waals surface area (Å²) in [5, 5.41) is 5.11. The number of sulfonamides is 1. The summed E-state index contributed by atoms with van der Waals surface area (Å²) in [6.45, 7) is 5.17. The maximum Gasteiger partial charge on any atom is 0.243 e. The lowest BCUT2D eigenvalue weighted by atomic mass is 10.1. The van der Waals surface area contributed by atoms with Gasteiger partial charge < -0.3 is 10.2 Å². The molecule has 2 amide bonds. The first-order valence-electron chi connectivity index (χ1n) is 11.8. The molecule has 36 heavy (non-hydrogen) atoms. The van der Waals surface area contributed by atoms with Gasteiger partial charge in [-0.05, 0) is 60.9 Å². The van der Waals surface area contributed by atoms with E-state index in [1.165, 1.54) is 18.0 Å². The predicted molar refractivity (Wildman–Crippen MR) is 143 cm³/mol. The Morgan fingerprint density at radius 1 is 0.972 bits per heavy atom. The van der Waals surface area contributed by atoms with E-state index < -0.39 is 28.5 Å². The van der Waals surface area contributed by atoms with Crippen molar-refractivity contribution in [2.24, 2.45) is 0 Å². The van der Waals surface area contributed by atoms with Crippen LogP contribution in [0, 0.1) is 0 Å². The minimum Gasteiger partial charge on any atom is -0.352 e. The van der Waals surface area contributed by atoms with Crippen molar-refractivity contribution in [2.75, 3.05) is 13.6 Å². The van der Waals surface area contributed by atoms with E-state index in [-0.39, 0.29) is 23.4 Å². The van der Waals surface area contributed by atoms with Gasteiger partial charge in [0.05, 0.1) is 11.4 Å². The van der Waals surface area contributed by atoms with Crippen molar-refractivity contribution in [2.45, 2.75) is 50.7 Å². The molecule has 1 N–H and O–H groups in total. The van der Waals surface area contributed by atoms with Crippen LogP contribution in [0.25, 0.3) is 10.8 Å². The normalized spacial score (nSPS) is 13.4. The average Bonchev–Trinajstić information content (AvgIpc) is 2.86. The first-order valence-corrected chi connectivity index (χ1v) is 13.6. The zero-order chi connectivity index (χ0) is 26.5. The van der Waals surface area contributed by atoms with Gasteiger partial charge in [0, 0.05) is 24.7 Å². The Labute approximate surface area is 218 Å². The molecule has 0 saturated carbocycles. The number of likely N-dealkylation sites (N-methyl/N-ethyl adjacent to an activating group) is 1. The van der Waals surface area contributed by atoms with Crippen LogP contribution in [0.2, 0.25) is 5.02 Å². The summed E-state index contributed by atoms with van der Waals surface area (Å²) in [4.78, 5) is 27.8. The molecule has 9 heteroatoms. The molecule has 0 unspecified atom stereocenters. The molecule has 0 radical (unpaired) electrons. The molecule has 0 fully saturated rings. The van der Waals surface area contributed by atoms with Gasteiger partial charge >= 0.3 is 0 Å². The minimum absolute atomic E-state index is 0.0565. The number of amides is 2. The van der Waals surface area contributed by atoms with Gasteiger partial charge in [-0.2, -0.15) is 4.31 Å². The predicted octanol–water partition coefficient (Wildman–Crippen LogP) is 4.45. The standard InChI is InChI=1S/C27H32ClN3O4S/c1-5-19(2)29-27(33)20(3)31(17-21-9-8-12-24(28)15-21)26(32)18-30(4)36(34,35)25-14-13-22-10-6-7-11-23(22)16-25/h6-16,19-20H,5,17-18H2,1-4H3,(H,29,33)/t19-,20-/m1/s1. The first kappa shape index (κ1) is 27.6. The maximum absolute atomic E-state index is 13.4. The summed E-state index contributed by atoms with van der Waals surface area (Å²) in [6, 6.07) is 18.5. The second-order valence-electron chi connectivity index (χ2n) is 8.92. The van der Waals surface area contributed by atoms with Crippen molar-refractivity contribution < 1.29 is 18.0 Å². The van der Waals surface area contributed by atoms with Crippen LogP contribution in [-0.4, -0.2) is 55.1 Å². The third-order valence-corrected chi connectivity index (χ3v) is 8.23. The van der Waals surface area contributed by atoms with Crippen molar-refractivity contribution >= 4 is 44.2 Å². The van der Waals surface area contributed by atoms with Crippen molar-refractivity contribution in [1.29, 1.82) is 0 Å². The molecular formula is C27H32ClN3O4S. The maximum atomic E-state index is 13.4. The Balaban J connectivity index is 1.85. The highest BCUT2D eigenvalue weighted by Crippen LogP contribution is 2.22. The van der Waals surface area contributed by atoms with E-state index >= 15 is 0 Å². The van der Waals surface area contributed by atoms with Crippen LogP contribution in [0.4, 0.5) is 0 Å². The number of benzene rings is 3. The highest BCUT2D eigenvalue weighted by molar-refractivity contribution is 7.89. The Morgan fingerprint density at radius 2 is 1.67 bits per heavy atom. The van der Waals surface area contributed by atoms with Gasteiger partial charge in [-0.1, -0.05) is 61.0 Å². The van der Waals surface area contributed by atoms with Crippen LogP contribution in [0.5, 0.6) is 0 Å². The van der Waals surface area contributed by atoms with E-state index in [2.05, 4.69) is 5.32 Å². The number of carbonyl (C=O) groups is 2. The van der Waals surface area contributed by atoms with Crippen LogP contribution in [0.1, 0.15) is 32.8 Å². The van der Waals surface area contributed by atoms with E-state index in [4.69, 9.17) is 11.6 Å². The molecule has 0 aliphatic carbocycles. The van der Waals surface area contributed by atoms with Crippen LogP contribution in [0.15, 0.2) is 71.6 Å². The molecule has 3 aromatic rings. The Bertz CT molecular complexity index is 1350. The van der Waals surface area contributed by atoms with E-state index in [1.807, 2.05) is 38.1 Å². The molecule has 7 nitrogen and oxygen atoms in total. The first-order chi connectivity index (χ1) is 17.0. The number of fused-ring (bicyclic) bond motifs is 1. The lowest BCUT2D eigenvalue weighted by Gasteiger charge is -2.31. The van der Waals surface area contributed by atoms with Crippen LogP contribution < -0.4 is 5.32 Å². The molecule has 0 saturated heterocycles. The summed E-state index contributed by atoms with van der Waals surface area (Å²) in [6.07, 6.45) is 0.743. The number of carbonyl (C=O) groups excluding carboxylic acids is 2. The largest absolute Gasteiger partial charge is 0.352 e. The van der Waals surface area contributed by atoms with Gasteiger partial charge in [-0.15, -0.1) is 0 Å². The topological polar surface area (TPSA) is 86.8 Å².